The lowest BCUT2D eigenvalue weighted by Crippen LogP contribution is -2.44. The highest BCUT2D eigenvalue weighted by molar-refractivity contribution is 5.78. The third-order valence-corrected chi connectivity index (χ3v) is 7.95. The van der Waals surface area contributed by atoms with Gasteiger partial charge in [-0.25, -0.2) is 19.3 Å². The number of pyridine rings is 1. The van der Waals surface area contributed by atoms with Gasteiger partial charge in [-0.2, -0.15) is 4.98 Å². The molecule has 0 amide bonds. The molecule has 4 aromatic rings. The molecule has 3 aliphatic heterocycles. The van der Waals surface area contributed by atoms with Crippen molar-refractivity contribution in [3.63, 3.8) is 0 Å². The van der Waals surface area contributed by atoms with Crippen LogP contribution in [0, 0.1) is 0 Å². The zero-order valence-electron chi connectivity index (χ0n) is 23.2. The van der Waals surface area contributed by atoms with E-state index in [1.54, 1.807) is 17.1 Å². The van der Waals surface area contributed by atoms with E-state index in [0.29, 0.717) is 36.0 Å². The van der Waals surface area contributed by atoms with Crippen LogP contribution in [0.15, 0.2) is 71.9 Å². The summed E-state index contributed by atoms with van der Waals surface area (Å²) < 4.78 is 9.37. The average molecular weight is 552 g/mol. The van der Waals surface area contributed by atoms with Crippen LogP contribution >= 0.6 is 0 Å². The van der Waals surface area contributed by atoms with Crippen LogP contribution in [0.1, 0.15) is 12.8 Å². The molecule has 3 aromatic heterocycles. The lowest BCUT2D eigenvalue weighted by molar-refractivity contribution is 0.313. The lowest BCUT2D eigenvalue weighted by atomic mass is 10.2. The van der Waals surface area contributed by atoms with Gasteiger partial charge in [-0.15, -0.1) is 0 Å². The Balaban J connectivity index is 1.30. The maximum absolute atomic E-state index is 13.6. The van der Waals surface area contributed by atoms with E-state index in [9.17, 15) is 4.79 Å². The number of rotatable bonds is 3. The van der Waals surface area contributed by atoms with Gasteiger partial charge in [0.1, 0.15) is 17.7 Å². The molecule has 2 bridgehead atoms. The van der Waals surface area contributed by atoms with E-state index in [1.807, 2.05) is 29.0 Å². The Morgan fingerprint density at radius 3 is 2.76 bits per heavy atom. The van der Waals surface area contributed by atoms with Crippen LogP contribution in [-0.2, 0) is 6.54 Å². The number of nitrogens with one attached hydrogen (secondary N) is 1. The second-order valence-corrected chi connectivity index (χ2v) is 10.7. The van der Waals surface area contributed by atoms with Crippen molar-refractivity contribution >= 4 is 34.0 Å². The van der Waals surface area contributed by atoms with Gasteiger partial charge in [-0.3, -0.25) is 4.79 Å². The van der Waals surface area contributed by atoms with Crippen molar-refractivity contribution < 1.29 is 4.74 Å². The average Bonchev–Trinajstić information content (AvgIpc) is 3.25. The summed E-state index contributed by atoms with van der Waals surface area (Å²) in [5.74, 6) is 0.983. The molecule has 0 aliphatic carbocycles. The van der Waals surface area contributed by atoms with Crippen molar-refractivity contribution in [3.8, 4) is 11.6 Å². The van der Waals surface area contributed by atoms with Gasteiger partial charge in [-0.1, -0.05) is 24.8 Å². The van der Waals surface area contributed by atoms with Crippen molar-refractivity contribution in [3.05, 3.63) is 77.5 Å². The molecule has 0 radical (unpaired) electrons. The van der Waals surface area contributed by atoms with Crippen LogP contribution < -0.4 is 25.4 Å². The van der Waals surface area contributed by atoms with E-state index in [2.05, 4.69) is 61.8 Å². The zero-order valence-corrected chi connectivity index (χ0v) is 23.2. The van der Waals surface area contributed by atoms with E-state index in [0.717, 1.165) is 74.0 Å². The summed E-state index contributed by atoms with van der Waals surface area (Å²) >= 11 is 0. The minimum absolute atomic E-state index is 0.152. The maximum atomic E-state index is 13.6. The molecule has 41 heavy (non-hydrogen) atoms. The van der Waals surface area contributed by atoms with Gasteiger partial charge < -0.3 is 24.8 Å². The van der Waals surface area contributed by atoms with Crippen molar-refractivity contribution in [2.24, 2.45) is 0 Å². The predicted octanol–water partition coefficient (Wildman–Crippen LogP) is 3.54. The fourth-order valence-corrected chi connectivity index (χ4v) is 5.68. The molecule has 0 atom stereocenters. The molecule has 0 spiro atoms. The van der Waals surface area contributed by atoms with Crippen LogP contribution in [0.3, 0.4) is 0 Å². The van der Waals surface area contributed by atoms with Gasteiger partial charge in [-0.05, 0) is 44.2 Å². The summed E-state index contributed by atoms with van der Waals surface area (Å²) in [4.78, 5) is 34.5. The molecule has 1 fully saturated rings. The highest BCUT2D eigenvalue weighted by Gasteiger charge is 2.25. The predicted molar refractivity (Wildman–Crippen MR) is 161 cm³/mol. The van der Waals surface area contributed by atoms with Crippen LogP contribution in [-0.4, -0.2) is 75.6 Å². The first kappa shape index (κ1) is 25.3. The molecule has 210 valence electrons. The Labute approximate surface area is 238 Å². The van der Waals surface area contributed by atoms with E-state index >= 15 is 0 Å². The van der Waals surface area contributed by atoms with Gasteiger partial charge in [0.05, 0.1) is 18.4 Å². The summed E-state index contributed by atoms with van der Waals surface area (Å²) in [6.45, 7) is 9.89. The number of ether oxygens (including phenoxy) is 1. The third-order valence-electron chi connectivity index (χ3n) is 7.95. The molecule has 1 saturated heterocycles. The second-order valence-electron chi connectivity index (χ2n) is 10.7. The van der Waals surface area contributed by atoms with Crippen molar-refractivity contribution in [2.75, 3.05) is 61.5 Å². The Kier molecular flexibility index (Phi) is 6.43. The van der Waals surface area contributed by atoms with E-state index in [1.165, 1.54) is 0 Å². The second kappa shape index (κ2) is 10.4. The summed E-state index contributed by atoms with van der Waals surface area (Å²) in [5.41, 5.74) is 4.86. The number of anilines is 4. The summed E-state index contributed by atoms with van der Waals surface area (Å²) in [7, 11) is 2.15. The van der Waals surface area contributed by atoms with Crippen LogP contribution in [0.5, 0.6) is 5.88 Å². The largest absolute Gasteiger partial charge is 0.470 e. The quantitative estimate of drug-likeness (QED) is 0.384. The Morgan fingerprint density at radius 2 is 1.88 bits per heavy atom. The number of hydrogen-bond acceptors (Lipinski definition) is 9. The first-order valence-corrected chi connectivity index (χ1v) is 14.1. The summed E-state index contributed by atoms with van der Waals surface area (Å²) in [5, 5.41) is 3.81. The van der Waals surface area contributed by atoms with Gasteiger partial charge >= 0.3 is 0 Å². The van der Waals surface area contributed by atoms with Crippen molar-refractivity contribution in [1.82, 2.24) is 29.2 Å². The highest BCUT2D eigenvalue weighted by atomic mass is 16.5. The molecular weight excluding hydrogens is 518 g/mol. The van der Waals surface area contributed by atoms with Gasteiger partial charge in [0.15, 0.2) is 5.65 Å². The zero-order chi connectivity index (χ0) is 27.9. The molecule has 6 heterocycles. The normalized spacial score (nSPS) is 17.5. The summed E-state index contributed by atoms with van der Waals surface area (Å²) in [6.07, 6.45) is 9.33. The standard InChI is InChI=1S/C30H33N9O2/c1-21-20-41-28-26-17-24(18-31-28)39-27-25(29(40)38(39)11-6-4-3-5-10-37(21)26)19-32-30(34-27)33-22-8-7-9-23(16-22)36-14-12-35(2)13-15-36/h4,6-9,16-19H,1,3,5,10-15,20H2,2H3,(H,32,33,34). The molecule has 0 saturated carbocycles. The number of allylic oxidation sites excluding steroid dienone is 2. The number of benzene rings is 1. The van der Waals surface area contributed by atoms with Crippen LogP contribution in [0.2, 0.25) is 0 Å². The smallest absolute Gasteiger partial charge is 0.278 e. The molecule has 0 unspecified atom stereocenters. The molecule has 1 aromatic carbocycles. The first-order valence-electron chi connectivity index (χ1n) is 14.1. The number of nitrogens with zero attached hydrogens (tertiary/aromatic N) is 8. The lowest BCUT2D eigenvalue weighted by Gasteiger charge is -2.34. The SMILES string of the molecule is C=C1COc2ncc3cc2N1CCCC=CCn1c(=O)c2cnc(Nc4cccc(N5CCN(C)CC5)c4)nc2n1-3. The maximum Gasteiger partial charge on any atom is 0.278 e. The van der Waals surface area contributed by atoms with E-state index in [-0.39, 0.29) is 5.56 Å². The minimum Gasteiger partial charge on any atom is -0.470 e. The number of piperazine rings is 1. The minimum atomic E-state index is -0.152. The van der Waals surface area contributed by atoms with Crippen LogP contribution in [0.4, 0.5) is 23.0 Å². The third kappa shape index (κ3) is 4.71. The Hall–Kier alpha value is -4.64. The van der Waals surface area contributed by atoms with E-state index < -0.39 is 0 Å². The monoisotopic (exact) mass is 551 g/mol. The first-order chi connectivity index (χ1) is 20.0. The molecular formula is C30H33N9O2. The van der Waals surface area contributed by atoms with Gasteiger partial charge in [0.2, 0.25) is 11.8 Å². The molecule has 7 rings (SSSR count). The number of fused-ring (bicyclic) bond motifs is 5. The topological polar surface area (TPSA) is 96.6 Å². The number of likely N-dealkylation sites (N-methyl/N-ethyl adjacent to an activating group) is 1. The van der Waals surface area contributed by atoms with Gasteiger partial charge in [0.25, 0.3) is 5.56 Å². The number of aromatic nitrogens is 5. The van der Waals surface area contributed by atoms with Crippen molar-refractivity contribution in [1.29, 1.82) is 0 Å². The molecule has 1 N–H and O–H groups in total. The fraction of sp³-hybridized carbons (Fsp3) is 0.333. The Bertz CT molecular complexity index is 1710. The molecule has 3 aliphatic rings. The van der Waals surface area contributed by atoms with E-state index in [4.69, 9.17) is 9.72 Å². The molecule has 11 heteroatoms. The summed E-state index contributed by atoms with van der Waals surface area (Å²) in [6, 6.07) is 10.3. The van der Waals surface area contributed by atoms with Crippen LogP contribution in [0.25, 0.3) is 16.7 Å². The fourth-order valence-electron chi connectivity index (χ4n) is 5.68. The number of hydrogen-bond donors (Lipinski definition) is 1. The van der Waals surface area contributed by atoms with Gasteiger partial charge in [0, 0.05) is 56.0 Å². The highest BCUT2D eigenvalue weighted by Crippen LogP contribution is 2.35. The Morgan fingerprint density at radius 1 is 1.00 bits per heavy atom. The van der Waals surface area contributed by atoms with Crippen molar-refractivity contribution in [2.45, 2.75) is 19.4 Å². The molecule has 11 nitrogen and oxygen atoms in total.